The van der Waals surface area contributed by atoms with Crippen molar-refractivity contribution >= 4 is 27.5 Å². The van der Waals surface area contributed by atoms with Gasteiger partial charge >= 0.3 is 6.01 Å². The normalized spacial score (nSPS) is 21.2. The Kier molecular flexibility index (Phi) is 5.25. The summed E-state index contributed by atoms with van der Waals surface area (Å²) >= 11 is 0. The molecule has 0 radical (unpaired) electrons. The molecule has 186 valence electrons. The molecular weight excluding hydrogens is 470 g/mol. The number of hydrogen-bond donors (Lipinski definition) is 2. The van der Waals surface area contributed by atoms with Gasteiger partial charge < -0.3 is 24.7 Å². The average molecular weight is 495 g/mol. The molecule has 0 spiro atoms. The third kappa shape index (κ3) is 3.29. The van der Waals surface area contributed by atoms with Crippen molar-refractivity contribution in [1.29, 1.82) is 0 Å². The van der Waals surface area contributed by atoms with E-state index in [0.29, 0.717) is 24.3 Å². The Morgan fingerprint density at radius 2 is 2.03 bits per heavy atom. The summed E-state index contributed by atoms with van der Waals surface area (Å²) in [4.78, 5) is 30.6. The van der Waals surface area contributed by atoms with Gasteiger partial charge in [-0.3, -0.25) is 4.79 Å². The van der Waals surface area contributed by atoms with Gasteiger partial charge in [0, 0.05) is 25.3 Å². The summed E-state index contributed by atoms with van der Waals surface area (Å²) in [6, 6.07) is 4.33. The Hall–Kier alpha value is -3.86. The number of benzene rings is 1. The minimum absolute atomic E-state index is 0.00854. The molecule has 2 N–H and O–H groups in total. The molecule has 0 bridgehead atoms. The lowest BCUT2D eigenvalue weighted by Crippen LogP contribution is -2.60. The summed E-state index contributed by atoms with van der Waals surface area (Å²) in [6.45, 7) is 5.25. The van der Waals surface area contributed by atoms with E-state index in [0.717, 1.165) is 6.42 Å². The van der Waals surface area contributed by atoms with Gasteiger partial charge in [-0.2, -0.15) is 9.97 Å². The summed E-state index contributed by atoms with van der Waals surface area (Å²) in [7, 11) is 1.40. The summed E-state index contributed by atoms with van der Waals surface area (Å²) in [5.74, 6) is -1.14. The molecule has 2 aliphatic heterocycles. The maximum Gasteiger partial charge on any atom is 0.318 e. The predicted molar refractivity (Wildman–Crippen MR) is 131 cm³/mol. The van der Waals surface area contributed by atoms with Gasteiger partial charge in [0.05, 0.1) is 24.1 Å². The van der Waals surface area contributed by atoms with E-state index < -0.39 is 17.2 Å². The fourth-order valence-electron chi connectivity index (χ4n) is 5.17. The number of nitrogens with zero attached hydrogens (tertiary/aromatic N) is 4. The van der Waals surface area contributed by atoms with Crippen LogP contribution >= 0.6 is 0 Å². The van der Waals surface area contributed by atoms with Crippen LogP contribution in [0.5, 0.6) is 11.9 Å². The number of piperazine rings is 1. The van der Waals surface area contributed by atoms with Crippen molar-refractivity contribution in [2.24, 2.45) is 0 Å². The number of pyridine rings is 2. The quantitative estimate of drug-likeness (QED) is 0.448. The number of hydrogen-bond acceptors (Lipinski definition) is 8. The molecular formula is C25H24F2N6O3. The maximum absolute atomic E-state index is 16.3. The van der Waals surface area contributed by atoms with Crippen LogP contribution in [0.1, 0.15) is 20.3 Å². The van der Waals surface area contributed by atoms with E-state index in [-0.39, 0.29) is 57.6 Å². The molecule has 0 unspecified atom stereocenters. The number of anilines is 1. The minimum Gasteiger partial charge on any atom is -0.472 e. The van der Waals surface area contributed by atoms with Gasteiger partial charge in [0.2, 0.25) is 5.88 Å². The molecule has 0 aliphatic carbocycles. The highest BCUT2D eigenvalue weighted by Crippen LogP contribution is 2.43. The Labute approximate surface area is 204 Å². The molecule has 3 aromatic heterocycles. The lowest BCUT2D eigenvalue weighted by molar-refractivity contribution is 0.167. The van der Waals surface area contributed by atoms with E-state index in [4.69, 9.17) is 9.47 Å². The summed E-state index contributed by atoms with van der Waals surface area (Å²) < 4.78 is 43.1. The zero-order chi connectivity index (χ0) is 25.1. The van der Waals surface area contributed by atoms with Crippen molar-refractivity contribution in [1.82, 2.24) is 25.3 Å². The third-order valence-corrected chi connectivity index (χ3v) is 7.06. The number of rotatable bonds is 3. The van der Waals surface area contributed by atoms with Crippen molar-refractivity contribution in [3.8, 4) is 23.1 Å². The number of aromatic amines is 1. The van der Waals surface area contributed by atoms with Crippen molar-refractivity contribution < 1.29 is 18.3 Å². The van der Waals surface area contributed by atoms with Crippen LogP contribution in [0.4, 0.5) is 14.6 Å². The number of halogens is 2. The molecule has 1 saturated heterocycles. The Morgan fingerprint density at radius 1 is 1.19 bits per heavy atom. The fourth-order valence-corrected chi connectivity index (χ4v) is 5.17. The number of H-pyrrole nitrogens is 1. The van der Waals surface area contributed by atoms with Gasteiger partial charge in [-0.25, -0.2) is 13.8 Å². The van der Waals surface area contributed by atoms with Crippen LogP contribution in [-0.4, -0.2) is 58.3 Å². The number of nitrogens with one attached hydrogen (secondary N) is 2. The first kappa shape index (κ1) is 22.6. The fraction of sp³-hybridized carbons (Fsp3) is 0.360. The summed E-state index contributed by atoms with van der Waals surface area (Å²) in [6.07, 6.45) is 2.00. The lowest BCUT2D eigenvalue weighted by atomic mass is 10.0. The molecule has 2 aliphatic rings. The maximum atomic E-state index is 16.3. The third-order valence-electron chi connectivity index (χ3n) is 7.06. The number of methoxy groups -OCH3 is 1. The Bertz CT molecular complexity index is 1580. The molecule has 4 aromatic rings. The second-order valence-electron chi connectivity index (χ2n) is 9.09. The summed E-state index contributed by atoms with van der Waals surface area (Å²) in [5.41, 5.74) is -1.28. The highest BCUT2D eigenvalue weighted by Gasteiger charge is 2.39. The van der Waals surface area contributed by atoms with E-state index in [1.807, 2.05) is 6.92 Å². The second kappa shape index (κ2) is 8.37. The first-order valence-corrected chi connectivity index (χ1v) is 11.8. The summed E-state index contributed by atoms with van der Waals surface area (Å²) in [5, 5.41) is 4.25. The van der Waals surface area contributed by atoms with Crippen LogP contribution in [0, 0.1) is 11.6 Å². The van der Waals surface area contributed by atoms with E-state index in [9.17, 15) is 4.79 Å². The standard InChI is InChI=1S/C25H24F2N6O3/c1-4-13-10-33-15(9-29-13)11(2)36-24-18-21(31-25(35-3)32-22(18)33)19(27)20(30-24)17-14(26)6-5-12-7-8-28-23(34)16(12)17/h5-8,11,13,15,29H,4,9-10H2,1-3H3,(H,28,34)/t11-,13+,15-/m0/s1. The molecule has 0 amide bonds. The van der Waals surface area contributed by atoms with Gasteiger partial charge in [-0.05, 0) is 30.9 Å². The average Bonchev–Trinajstić information content (AvgIpc) is 3.00. The zero-order valence-corrected chi connectivity index (χ0v) is 19.9. The zero-order valence-electron chi connectivity index (χ0n) is 19.9. The molecule has 1 fully saturated rings. The highest BCUT2D eigenvalue weighted by atomic mass is 19.1. The number of ether oxygens (including phenoxy) is 2. The number of aromatic nitrogens is 4. The first-order chi connectivity index (χ1) is 17.4. The van der Waals surface area contributed by atoms with Crippen LogP contribution in [-0.2, 0) is 0 Å². The molecule has 6 rings (SSSR count). The van der Waals surface area contributed by atoms with Gasteiger partial charge in [0.25, 0.3) is 5.56 Å². The van der Waals surface area contributed by atoms with Crippen molar-refractivity contribution in [2.45, 2.75) is 38.5 Å². The number of fused-ring (bicyclic) bond motifs is 3. The molecule has 36 heavy (non-hydrogen) atoms. The SMILES string of the molecule is CC[C@@H]1CN2c3nc(OC)nc4c(F)c(-c5c(F)ccc6cc[nH]c(=O)c56)nc(c34)O[C@@H](C)[C@@H]2CN1. The second-order valence-corrected chi connectivity index (χ2v) is 9.09. The molecule has 9 nitrogen and oxygen atoms in total. The first-order valence-electron chi connectivity index (χ1n) is 11.8. The molecule has 5 heterocycles. The van der Waals surface area contributed by atoms with Crippen LogP contribution < -0.4 is 25.2 Å². The molecule has 1 aromatic carbocycles. The lowest BCUT2D eigenvalue weighted by Gasteiger charge is -2.41. The van der Waals surface area contributed by atoms with Crippen LogP contribution in [0.3, 0.4) is 0 Å². The highest BCUT2D eigenvalue weighted by molar-refractivity contribution is 6.01. The molecule has 11 heteroatoms. The van der Waals surface area contributed by atoms with Gasteiger partial charge in [-0.15, -0.1) is 0 Å². The molecule has 3 atom stereocenters. The van der Waals surface area contributed by atoms with Crippen molar-refractivity contribution in [3.63, 3.8) is 0 Å². The van der Waals surface area contributed by atoms with Crippen LogP contribution in [0.25, 0.3) is 32.9 Å². The Morgan fingerprint density at radius 3 is 2.81 bits per heavy atom. The van der Waals surface area contributed by atoms with Crippen LogP contribution in [0.2, 0.25) is 0 Å². The van der Waals surface area contributed by atoms with Crippen molar-refractivity contribution in [3.05, 3.63) is 46.4 Å². The van der Waals surface area contributed by atoms with Gasteiger partial charge in [0.1, 0.15) is 34.3 Å². The van der Waals surface area contributed by atoms with Gasteiger partial charge in [0.15, 0.2) is 5.82 Å². The molecule has 0 saturated carbocycles. The van der Waals surface area contributed by atoms with Crippen molar-refractivity contribution in [2.75, 3.05) is 25.1 Å². The van der Waals surface area contributed by atoms with E-state index in [2.05, 4.69) is 37.1 Å². The predicted octanol–water partition coefficient (Wildman–Crippen LogP) is 3.16. The smallest absolute Gasteiger partial charge is 0.318 e. The van der Waals surface area contributed by atoms with E-state index in [1.165, 1.54) is 25.4 Å². The van der Waals surface area contributed by atoms with E-state index in [1.54, 1.807) is 6.07 Å². The largest absolute Gasteiger partial charge is 0.472 e. The van der Waals surface area contributed by atoms with E-state index >= 15 is 8.78 Å². The Balaban J connectivity index is 1.69. The van der Waals surface area contributed by atoms with Gasteiger partial charge in [-0.1, -0.05) is 13.0 Å². The minimum atomic E-state index is -0.887. The monoisotopic (exact) mass is 494 g/mol. The topological polar surface area (TPSA) is 105 Å². The van der Waals surface area contributed by atoms with Crippen LogP contribution in [0.15, 0.2) is 29.2 Å².